The summed E-state index contributed by atoms with van der Waals surface area (Å²) in [5.74, 6) is 1.02. The fourth-order valence-corrected chi connectivity index (χ4v) is 4.84. The summed E-state index contributed by atoms with van der Waals surface area (Å²) in [4.78, 5) is 14.4. The van der Waals surface area contributed by atoms with Crippen LogP contribution in [0.15, 0.2) is 28.8 Å². The van der Waals surface area contributed by atoms with Gasteiger partial charge in [-0.25, -0.2) is 8.42 Å². The van der Waals surface area contributed by atoms with E-state index in [1.807, 2.05) is 13.8 Å². The Labute approximate surface area is 152 Å². The highest BCUT2D eigenvalue weighted by molar-refractivity contribution is 7.91. The van der Waals surface area contributed by atoms with Gasteiger partial charge in [-0.3, -0.25) is 4.79 Å². The highest BCUT2D eigenvalue weighted by Gasteiger charge is 2.33. The smallest absolute Gasteiger partial charge is 0.257 e. The number of carbonyl (C=O) groups excluding carboxylic acids is 1. The number of hydrogen-bond acceptors (Lipinski definition) is 6. The Hall–Kier alpha value is -2.35. The number of carbonyl (C=O) groups is 1. The van der Waals surface area contributed by atoms with Crippen molar-refractivity contribution in [1.82, 2.24) is 10.1 Å². The number of benzene rings is 1. The van der Waals surface area contributed by atoms with Crippen LogP contribution in [0.3, 0.4) is 0 Å². The molecule has 1 aromatic heterocycles. The van der Waals surface area contributed by atoms with E-state index in [9.17, 15) is 13.2 Å². The molecule has 26 heavy (non-hydrogen) atoms. The molecule has 1 amide bonds. The van der Waals surface area contributed by atoms with Gasteiger partial charge in [0.25, 0.3) is 5.91 Å². The largest absolute Gasteiger partial charge is 0.488 e. The second kappa shape index (κ2) is 7.11. The fourth-order valence-electron chi connectivity index (χ4n) is 3.06. The van der Waals surface area contributed by atoms with E-state index in [4.69, 9.17) is 9.26 Å². The Morgan fingerprint density at radius 3 is 2.69 bits per heavy atom. The van der Waals surface area contributed by atoms with Gasteiger partial charge in [0.05, 0.1) is 28.3 Å². The molecule has 3 rings (SSSR count). The number of amides is 1. The molecule has 0 N–H and O–H groups in total. The summed E-state index contributed by atoms with van der Waals surface area (Å²) < 4.78 is 34.4. The number of hydrogen-bond donors (Lipinski definition) is 0. The van der Waals surface area contributed by atoms with Gasteiger partial charge in [-0.1, -0.05) is 17.3 Å². The van der Waals surface area contributed by atoms with Crippen LogP contribution in [-0.2, 0) is 16.4 Å². The molecule has 2 aromatic rings. The van der Waals surface area contributed by atoms with E-state index >= 15 is 0 Å². The van der Waals surface area contributed by atoms with Crippen LogP contribution in [0, 0.1) is 13.8 Å². The van der Waals surface area contributed by atoms with Crippen LogP contribution in [0.25, 0.3) is 0 Å². The Bertz CT molecular complexity index is 900. The van der Waals surface area contributed by atoms with E-state index < -0.39 is 9.84 Å². The normalized spacial score (nSPS) is 18.7. The van der Waals surface area contributed by atoms with Crippen molar-refractivity contribution in [2.75, 3.05) is 18.6 Å². The standard InChI is InChI=1S/C18H22N2O5S/c1-12-16(13(2)25-19-12)10-24-17-7-5-4-6-15(17)18(21)20(3)14-8-9-26(22,23)11-14/h4-7,14H,8-11H2,1-3H3. The highest BCUT2D eigenvalue weighted by atomic mass is 32.2. The minimum atomic E-state index is -3.06. The van der Waals surface area contributed by atoms with Crippen LogP contribution < -0.4 is 4.74 Å². The third-order valence-electron chi connectivity index (χ3n) is 4.75. The van der Waals surface area contributed by atoms with Gasteiger partial charge >= 0.3 is 0 Å². The Morgan fingerprint density at radius 1 is 1.35 bits per heavy atom. The van der Waals surface area contributed by atoms with Crippen molar-refractivity contribution in [3.8, 4) is 5.75 Å². The molecule has 2 heterocycles. The molecule has 1 aromatic carbocycles. The number of sulfone groups is 1. The molecule has 1 aliphatic rings. The summed E-state index contributed by atoms with van der Waals surface area (Å²) in [5, 5.41) is 3.89. The van der Waals surface area contributed by atoms with Crippen molar-refractivity contribution in [1.29, 1.82) is 0 Å². The molecule has 1 atom stereocenters. The minimum absolute atomic E-state index is 0.0113. The maximum Gasteiger partial charge on any atom is 0.257 e. The predicted molar refractivity (Wildman–Crippen MR) is 95.9 cm³/mol. The van der Waals surface area contributed by atoms with Crippen LogP contribution in [0.2, 0.25) is 0 Å². The molecule has 1 saturated heterocycles. The molecule has 1 aliphatic heterocycles. The van der Waals surface area contributed by atoms with Gasteiger partial charge in [-0.15, -0.1) is 0 Å². The molecule has 0 bridgehead atoms. The van der Waals surface area contributed by atoms with E-state index in [2.05, 4.69) is 5.16 Å². The van der Waals surface area contributed by atoms with Crippen LogP contribution in [0.5, 0.6) is 5.75 Å². The summed E-state index contributed by atoms with van der Waals surface area (Å²) in [7, 11) is -1.42. The average Bonchev–Trinajstić information content (AvgIpc) is 3.14. The number of aryl methyl sites for hydroxylation is 2. The van der Waals surface area contributed by atoms with Crippen molar-refractivity contribution < 1.29 is 22.5 Å². The Kier molecular flexibility index (Phi) is 5.04. The van der Waals surface area contributed by atoms with Crippen molar-refractivity contribution in [3.63, 3.8) is 0 Å². The van der Waals surface area contributed by atoms with Gasteiger partial charge in [-0.2, -0.15) is 0 Å². The molecule has 8 heteroatoms. The lowest BCUT2D eigenvalue weighted by Gasteiger charge is -2.24. The average molecular weight is 378 g/mol. The zero-order valence-electron chi connectivity index (χ0n) is 15.1. The van der Waals surface area contributed by atoms with Gasteiger partial charge in [0, 0.05) is 13.1 Å². The first-order valence-corrected chi connectivity index (χ1v) is 10.2. The lowest BCUT2D eigenvalue weighted by molar-refractivity contribution is 0.0743. The van der Waals surface area contributed by atoms with Crippen LogP contribution in [-0.4, -0.2) is 49.0 Å². The first-order chi connectivity index (χ1) is 12.3. The van der Waals surface area contributed by atoms with Crippen LogP contribution in [0.1, 0.15) is 33.8 Å². The highest BCUT2D eigenvalue weighted by Crippen LogP contribution is 2.25. The maximum atomic E-state index is 12.9. The fraction of sp³-hybridized carbons (Fsp3) is 0.444. The molecule has 140 valence electrons. The summed E-state index contributed by atoms with van der Waals surface area (Å²) in [5.41, 5.74) is 2.01. The number of aromatic nitrogens is 1. The van der Waals surface area contributed by atoms with E-state index in [0.717, 1.165) is 11.3 Å². The van der Waals surface area contributed by atoms with Crippen molar-refractivity contribution in [2.45, 2.75) is 32.9 Å². The zero-order valence-corrected chi connectivity index (χ0v) is 15.9. The third-order valence-corrected chi connectivity index (χ3v) is 6.50. The number of ether oxygens (including phenoxy) is 1. The lowest BCUT2D eigenvalue weighted by atomic mass is 10.1. The molecular weight excluding hydrogens is 356 g/mol. The van der Waals surface area contributed by atoms with Crippen LogP contribution in [0.4, 0.5) is 0 Å². The summed E-state index contributed by atoms with van der Waals surface area (Å²) in [6.07, 6.45) is 0.465. The number of nitrogens with zero attached hydrogens (tertiary/aromatic N) is 2. The van der Waals surface area contributed by atoms with E-state index in [1.165, 1.54) is 4.90 Å². The summed E-state index contributed by atoms with van der Waals surface area (Å²) in [6.45, 7) is 3.89. The first kappa shape index (κ1) is 18.4. The first-order valence-electron chi connectivity index (χ1n) is 8.39. The third kappa shape index (κ3) is 3.75. The van der Waals surface area contributed by atoms with Gasteiger partial charge in [0.1, 0.15) is 18.1 Å². The van der Waals surface area contributed by atoms with Gasteiger partial charge < -0.3 is 14.2 Å². The monoisotopic (exact) mass is 378 g/mol. The predicted octanol–water partition coefficient (Wildman–Crippen LogP) is 2.13. The zero-order chi connectivity index (χ0) is 18.9. The van der Waals surface area contributed by atoms with Gasteiger partial charge in [0.15, 0.2) is 9.84 Å². The molecule has 0 spiro atoms. The van der Waals surface area contributed by atoms with Gasteiger partial charge in [0.2, 0.25) is 0 Å². The van der Waals surface area contributed by atoms with Crippen molar-refractivity contribution >= 4 is 15.7 Å². The molecule has 0 radical (unpaired) electrons. The SMILES string of the molecule is Cc1noc(C)c1COc1ccccc1C(=O)N(C)C1CCS(=O)(=O)C1. The quantitative estimate of drug-likeness (QED) is 0.792. The molecular formula is C18H22N2O5S. The summed E-state index contributed by atoms with van der Waals surface area (Å²) >= 11 is 0. The second-order valence-electron chi connectivity index (χ2n) is 6.56. The summed E-state index contributed by atoms with van der Waals surface area (Å²) in [6, 6.07) is 6.66. The minimum Gasteiger partial charge on any atom is -0.488 e. The van der Waals surface area contributed by atoms with E-state index in [0.29, 0.717) is 23.5 Å². The molecule has 1 fully saturated rings. The Balaban J connectivity index is 1.77. The molecule has 0 aliphatic carbocycles. The molecule has 1 unspecified atom stereocenters. The maximum absolute atomic E-state index is 12.9. The number of para-hydroxylation sites is 1. The van der Waals surface area contributed by atoms with Crippen molar-refractivity contribution in [3.05, 3.63) is 46.8 Å². The van der Waals surface area contributed by atoms with Gasteiger partial charge in [-0.05, 0) is 32.4 Å². The van der Waals surface area contributed by atoms with Crippen LogP contribution >= 0.6 is 0 Å². The van der Waals surface area contributed by atoms with E-state index in [-0.39, 0.29) is 30.1 Å². The Morgan fingerprint density at radius 2 is 2.08 bits per heavy atom. The lowest BCUT2D eigenvalue weighted by Crippen LogP contribution is -2.38. The molecule has 0 saturated carbocycles. The van der Waals surface area contributed by atoms with Crippen molar-refractivity contribution in [2.24, 2.45) is 0 Å². The number of rotatable bonds is 5. The van der Waals surface area contributed by atoms with E-state index in [1.54, 1.807) is 31.3 Å². The second-order valence-corrected chi connectivity index (χ2v) is 8.79. The molecule has 7 nitrogen and oxygen atoms in total. The topological polar surface area (TPSA) is 89.7 Å².